The summed E-state index contributed by atoms with van der Waals surface area (Å²) in [6, 6.07) is 0.864. The molecule has 0 unspecified atom stereocenters. The molecular weight excluding hydrogens is 198 g/mol. The lowest BCUT2D eigenvalue weighted by atomic mass is 10.2. The fourth-order valence-corrected chi connectivity index (χ4v) is 0.848. The standard InChI is InChI=1S/C7H2F2N2O3/c8-4-1-5(9)7(10-3-12)6(2-4)11(13)14/h1-2H. The first-order chi connectivity index (χ1) is 6.56. The molecule has 0 aliphatic heterocycles. The fourth-order valence-electron chi connectivity index (χ4n) is 0.848. The van der Waals surface area contributed by atoms with Gasteiger partial charge in [-0.15, -0.1) is 0 Å². The van der Waals surface area contributed by atoms with Crippen molar-refractivity contribution in [2.24, 2.45) is 4.99 Å². The average molecular weight is 200 g/mol. The van der Waals surface area contributed by atoms with Gasteiger partial charge >= 0.3 is 5.69 Å². The lowest BCUT2D eigenvalue weighted by Crippen LogP contribution is -1.92. The van der Waals surface area contributed by atoms with Crippen molar-refractivity contribution in [2.45, 2.75) is 0 Å². The van der Waals surface area contributed by atoms with Crippen molar-refractivity contribution in [1.82, 2.24) is 0 Å². The molecule has 0 aromatic heterocycles. The molecule has 0 spiro atoms. The van der Waals surface area contributed by atoms with Crippen LogP contribution in [0.4, 0.5) is 20.2 Å². The molecular formula is C7H2F2N2O3. The number of aliphatic imine (C=N–C) groups is 1. The van der Waals surface area contributed by atoms with Gasteiger partial charge in [-0.2, -0.15) is 4.99 Å². The fraction of sp³-hybridized carbons (Fsp3) is 0. The molecule has 0 heterocycles. The number of hydrogen-bond acceptors (Lipinski definition) is 4. The largest absolute Gasteiger partial charge is 0.301 e. The summed E-state index contributed by atoms with van der Waals surface area (Å²) in [6.45, 7) is 0. The molecule has 0 aliphatic rings. The summed E-state index contributed by atoms with van der Waals surface area (Å²) in [7, 11) is 0. The Balaban J connectivity index is 3.51. The first-order valence-corrected chi connectivity index (χ1v) is 3.27. The Hall–Kier alpha value is -2.14. The number of nitro benzene ring substituents is 1. The van der Waals surface area contributed by atoms with E-state index < -0.39 is 27.9 Å². The number of rotatable bonds is 2. The van der Waals surface area contributed by atoms with Crippen molar-refractivity contribution >= 4 is 17.5 Å². The minimum atomic E-state index is -1.28. The van der Waals surface area contributed by atoms with Gasteiger partial charge in [-0.25, -0.2) is 13.6 Å². The summed E-state index contributed by atoms with van der Waals surface area (Å²) in [5, 5.41) is 10.3. The van der Waals surface area contributed by atoms with Gasteiger partial charge in [0.1, 0.15) is 5.82 Å². The minimum absolute atomic E-state index is 0.392. The maximum absolute atomic E-state index is 12.8. The van der Waals surface area contributed by atoms with E-state index in [1.54, 1.807) is 0 Å². The monoisotopic (exact) mass is 200 g/mol. The molecule has 0 atom stereocenters. The first-order valence-electron chi connectivity index (χ1n) is 3.27. The van der Waals surface area contributed by atoms with Gasteiger partial charge in [-0.3, -0.25) is 10.1 Å². The van der Waals surface area contributed by atoms with Gasteiger partial charge in [-0.1, -0.05) is 0 Å². The number of nitro groups is 1. The van der Waals surface area contributed by atoms with Gasteiger partial charge in [0, 0.05) is 6.07 Å². The second-order valence-corrected chi connectivity index (χ2v) is 2.22. The molecule has 1 rings (SSSR count). The van der Waals surface area contributed by atoms with Gasteiger partial charge in [0.15, 0.2) is 11.5 Å². The van der Waals surface area contributed by atoms with E-state index in [9.17, 15) is 23.7 Å². The van der Waals surface area contributed by atoms with Gasteiger partial charge in [0.25, 0.3) is 0 Å². The van der Waals surface area contributed by atoms with Crippen LogP contribution >= 0.6 is 0 Å². The van der Waals surface area contributed by atoms with Crippen LogP contribution in [-0.2, 0) is 4.79 Å². The third kappa shape index (κ3) is 1.78. The van der Waals surface area contributed by atoms with Crippen LogP contribution in [0.3, 0.4) is 0 Å². The lowest BCUT2D eigenvalue weighted by Gasteiger charge is -1.96. The second kappa shape index (κ2) is 3.71. The third-order valence-electron chi connectivity index (χ3n) is 1.36. The predicted octanol–water partition coefficient (Wildman–Crippen LogP) is 1.84. The molecule has 0 fully saturated rings. The molecule has 5 nitrogen and oxygen atoms in total. The molecule has 0 radical (unpaired) electrons. The zero-order chi connectivity index (χ0) is 10.7. The minimum Gasteiger partial charge on any atom is -0.258 e. The molecule has 72 valence electrons. The van der Waals surface area contributed by atoms with E-state index in [1.165, 1.54) is 0 Å². The zero-order valence-corrected chi connectivity index (χ0v) is 6.53. The topological polar surface area (TPSA) is 72.6 Å². The first kappa shape index (κ1) is 9.94. The van der Waals surface area contributed by atoms with E-state index in [0.29, 0.717) is 12.1 Å². The number of halogens is 2. The molecule has 7 heteroatoms. The van der Waals surface area contributed by atoms with Crippen molar-refractivity contribution in [3.8, 4) is 0 Å². The number of hydrogen-bond donors (Lipinski definition) is 0. The van der Waals surface area contributed by atoms with E-state index in [2.05, 4.69) is 4.99 Å². The van der Waals surface area contributed by atoms with E-state index in [1.807, 2.05) is 0 Å². The Morgan fingerprint density at radius 2 is 2.07 bits per heavy atom. The lowest BCUT2D eigenvalue weighted by molar-refractivity contribution is -0.384. The maximum atomic E-state index is 12.8. The normalized spacial score (nSPS) is 9.29. The number of isocyanates is 1. The van der Waals surface area contributed by atoms with E-state index in [-0.39, 0.29) is 0 Å². The highest BCUT2D eigenvalue weighted by Gasteiger charge is 2.19. The Bertz CT molecular complexity index is 441. The Morgan fingerprint density at radius 3 is 2.57 bits per heavy atom. The van der Waals surface area contributed by atoms with Crippen LogP contribution in [0.25, 0.3) is 0 Å². The van der Waals surface area contributed by atoms with Gasteiger partial charge in [0.2, 0.25) is 6.08 Å². The van der Waals surface area contributed by atoms with Crippen LogP contribution in [0.5, 0.6) is 0 Å². The molecule has 0 aliphatic carbocycles. The van der Waals surface area contributed by atoms with Crippen LogP contribution in [0, 0.1) is 21.7 Å². The molecule has 0 saturated heterocycles. The van der Waals surface area contributed by atoms with Crippen molar-refractivity contribution < 1.29 is 18.5 Å². The summed E-state index contributed by atoms with van der Waals surface area (Å²) in [6.07, 6.45) is 0.948. The molecule has 0 bridgehead atoms. The molecule has 1 aromatic carbocycles. The van der Waals surface area contributed by atoms with Crippen molar-refractivity contribution in [1.29, 1.82) is 0 Å². The summed E-state index contributed by atoms with van der Waals surface area (Å²) in [4.78, 5) is 21.8. The highest BCUT2D eigenvalue weighted by Crippen LogP contribution is 2.30. The zero-order valence-electron chi connectivity index (χ0n) is 6.53. The predicted molar refractivity (Wildman–Crippen MR) is 40.8 cm³/mol. The quantitative estimate of drug-likeness (QED) is 0.316. The summed E-state index contributed by atoms with van der Waals surface area (Å²) < 4.78 is 25.4. The van der Waals surface area contributed by atoms with Gasteiger partial charge in [0.05, 0.1) is 11.0 Å². The average Bonchev–Trinajstić information content (AvgIpc) is 2.09. The Labute approximate surface area is 75.8 Å². The number of carbonyl (C=O) groups excluding carboxylic acids is 1. The highest BCUT2D eigenvalue weighted by atomic mass is 19.1. The maximum Gasteiger partial charge on any atom is 0.301 e. The van der Waals surface area contributed by atoms with Crippen molar-refractivity contribution in [3.63, 3.8) is 0 Å². The Morgan fingerprint density at radius 1 is 1.43 bits per heavy atom. The number of benzene rings is 1. The van der Waals surface area contributed by atoms with E-state index in [4.69, 9.17) is 0 Å². The molecule has 14 heavy (non-hydrogen) atoms. The van der Waals surface area contributed by atoms with Crippen molar-refractivity contribution in [3.05, 3.63) is 33.9 Å². The van der Waals surface area contributed by atoms with Crippen LogP contribution < -0.4 is 0 Å². The van der Waals surface area contributed by atoms with Crippen molar-refractivity contribution in [2.75, 3.05) is 0 Å². The van der Waals surface area contributed by atoms with E-state index >= 15 is 0 Å². The Kier molecular flexibility index (Phi) is 2.64. The summed E-state index contributed by atoms with van der Waals surface area (Å²) in [5.74, 6) is -2.39. The van der Waals surface area contributed by atoms with Crippen LogP contribution in [0.2, 0.25) is 0 Å². The highest BCUT2D eigenvalue weighted by molar-refractivity contribution is 5.62. The summed E-state index contributed by atoms with van der Waals surface area (Å²) >= 11 is 0. The third-order valence-corrected chi connectivity index (χ3v) is 1.36. The molecule has 0 amide bonds. The van der Waals surface area contributed by atoms with E-state index in [0.717, 1.165) is 6.08 Å². The smallest absolute Gasteiger partial charge is 0.258 e. The summed E-state index contributed by atoms with van der Waals surface area (Å²) in [5.41, 5.74) is -1.74. The second-order valence-electron chi connectivity index (χ2n) is 2.22. The van der Waals surface area contributed by atoms with Gasteiger partial charge in [-0.05, 0) is 0 Å². The number of nitrogens with zero attached hydrogens (tertiary/aromatic N) is 2. The van der Waals surface area contributed by atoms with Gasteiger partial charge < -0.3 is 0 Å². The SMILES string of the molecule is O=C=Nc1c(F)cc(F)cc1[N+](=O)[O-]. The van der Waals surface area contributed by atoms with Crippen LogP contribution in [0.1, 0.15) is 0 Å². The van der Waals surface area contributed by atoms with Crippen LogP contribution in [0.15, 0.2) is 17.1 Å². The molecule has 0 saturated carbocycles. The molecule has 0 N–H and O–H groups in total. The molecule has 1 aromatic rings. The van der Waals surface area contributed by atoms with Crippen LogP contribution in [-0.4, -0.2) is 11.0 Å².